The van der Waals surface area contributed by atoms with Gasteiger partial charge < -0.3 is 5.32 Å². The van der Waals surface area contributed by atoms with Gasteiger partial charge in [0.05, 0.1) is 4.92 Å². The maximum atomic E-state index is 11.1. The molecule has 0 spiro atoms. The van der Waals surface area contributed by atoms with Crippen LogP contribution in [0.2, 0.25) is 0 Å². The van der Waals surface area contributed by atoms with Gasteiger partial charge in [0.25, 0.3) is 5.69 Å². The Morgan fingerprint density at radius 1 is 1.21 bits per heavy atom. The molecule has 106 valence electrons. The summed E-state index contributed by atoms with van der Waals surface area (Å²) in [6.45, 7) is 7.33. The minimum absolute atomic E-state index is 0.233. The highest BCUT2D eigenvalue weighted by Gasteiger charge is 2.21. The number of nitro groups is 1. The van der Waals surface area contributed by atoms with Gasteiger partial charge in [0.2, 0.25) is 0 Å². The Labute approximate surface area is 115 Å². The van der Waals surface area contributed by atoms with Crippen molar-refractivity contribution in [3.05, 3.63) is 39.9 Å². The topological polar surface area (TPSA) is 55.2 Å². The van der Waals surface area contributed by atoms with E-state index < -0.39 is 0 Å². The Balaban J connectivity index is 2.93. The molecule has 0 saturated carbocycles. The summed E-state index contributed by atoms with van der Waals surface area (Å²) < 4.78 is 0. The molecule has 0 amide bonds. The zero-order valence-corrected chi connectivity index (χ0v) is 12.1. The van der Waals surface area contributed by atoms with Crippen LogP contribution in [0.4, 0.5) is 5.69 Å². The van der Waals surface area contributed by atoms with Gasteiger partial charge in [-0.3, -0.25) is 10.1 Å². The van der Waals surface area contributed by atoms with Gasteiger partial charge in [0.15, 0.2) is 0 Å². The molecule has 0 aliphatic carbocycles. The fraction of sp³-hybridized carbons (Fsp3) is 0.600. The predicted molar refractivity (Wildman–Crippen MR) is 78.3 cm³/mol. The largest absolute Gasteiger partial charge is 0.314 e. The third-order valence-electron chi connectivity index (χ3n) is 3.71. The summed E-state index contributed by atoms with van der Waals surface area (Å²) in [5, 5.41) is 14.5. The van der Waals surface area contributed by atoms with Crippen LogP contribution in [0, 0.1) is 16.0 Å². The number of nitrogens with zero attached hydrogens (tertiary/aromatic N) is 1. The molecule has 1 atom stereocenters. The number of nitro benzene ring substituents is 1. The van der Waals surface area contributed by atoms with Crippen molar-refractivity contribution >= 4 is 5.69 Å². The van der Waals surface area contributed by atoms with E-state index in [1.807, 2.05) is 12.1 Å². The Hall–Kier alpha value is -1.42. The molecule has 0 aromatic heterocycles. The Kier molecular flexibility index (Phi) is 6.50. The molecule has 4 nitrogen and oxygen atoms in total. The van der Waals surface area contributed by atoms with Gasteiger partial charge in [-0.25, -0.2) is 0 Å². The van der Waals surface area contributed by atoms with Gasteiger partial charge in [-0.1, -0.05) is 51.8 Å². The number of nitrogens with one attached hydrogen (secondary N) is 1. The van der Waals surface area contributed by atoms with Crippen molar-refractivity contribution in [3.8, 4) is 0 Å². The van der Waals surface area contributed by atoms with E-state index in [0.717, 1.165) is 31.4 Å². The van der Waals surface area contributed by atoms with Crippen LogP contribution in [-0.2, 0) is 6.42 Å². The maximum absolute atomic E-state index is 11.1. The molecule has 0 aliphatic rings. The first kappa shape index (κ1) is 15.6. The molecule has 0 saturated heterocycles. The van der Waals surface area contributed by atoms with E-state index in [9.17, 15) is 10.1 Å². The van der Waals surface area contributed by atoms with E-state index in [0.29, 0.717) is 12.0 Å². The Morgan fingerprint density at radius 3 is 2.37 bits per heavy atom. The summed E-state index contributed by atoms with van der Waals surface area (Å²) in [7, 11) is 0. The fourth-order valence-corrected chi connectivity index (χ4v) is 2.62. The van der Waals surface area contributed by atoms with Crippen LogP contribution in [-0.4, -0.2) is 17.5 Å². The predicted octanol–water partition coefficient (Wildman–Crippen LogP) is 3.55. The molecule has 4 heteroatoms. The molecule has 0 bridgehead atoms. The van der Waals surface area contributed by atoms with E-state index in [1.54, 1.807) is 12.1 Å². The van der Waals surface area contributed by atoms with E-state index in [4.69, 9.17) is 0 Å². The van der Waals surface area contributed by atoms with Gasteiger partial charge in [0, 0.05) is 17.7 Å². The van der Waals surface area contributed by atoms with E-state index >= 15 is 0 Å². The molecule has 1 unspecified atom stereocenters. The van der Waals surface area contributed by atoms with Crippen molar-refractivity contribution in [2.75, 3.05) is 6.54 Å². The number of para-hydroxylation sites is 1. The molecule has 0 radical (unpaired) electrons. The molecule has 1 aromatic carbocycles. The summed E-state index contributed by atoms with van der Waals surface area (Å²) in [5.74, 6) is 0.555. The lowest BCUT2D eigenvalue weighted by Gasteiger charge is -2.26. The molecule has 0 fully saturated rings. The smallest absolute Gasteiger partial charge is 0.272 e. The molecular weight excluding hydrogens is 240 g/mol. The normalized spacial score (nSPS) is 12.6. The second-order valence-corrected chi connectivity index (χ2v) is 4.83. The van der Waals surface area contributed by atoms with Crippen molar-refractivity contribution in [2.45, 2.75) is 46.1 Å². The summed E-state index contributed by atoms with van der Waals surface area (Å²) >= 11 is 0. The summed E-state index contributed by atoms with van der Waals surface area (Å²) in [4.78, 5) is 10.8. The van der Waals surface area contributed by atoms with Crippen LogP contribution in [0.25, 0.3) is 0 Å². The molecular formula is C15H24N2O2. The number of hydrogen-bond donors (Lipinski definition) is 1. The van der Waals surface area contributed by atoms with Crippen LogP contribution >= 0.6 is 0 Å². The highest BCUT2D eigenvalue weighted by Crippen LogP contribution is 2.23. The quantitative estimate of drug-likeness (QED) is 0.577. The van der Waals surface area contributed by atoms with Gasteiger partial charge in [-0.2, -0.15) is 0 Å². The van der Waals surface area contributed by atoms with Crippen molar-refractivity contribution in [1.82, 2.24) is 5.32 Å². The summed E-state index contributed by atoms with van der Waals surface area (Å²) in [5.41, 5.74) is 1.06. The minimum atomic E-state index is -0.286. The first-order valence-electron chi connectivity index (χ1n) is 7.09. The second-order valence-electron chi connectivity index (χ2n) is 4.83. The fourth-order valence-electron chi connectivity index (χ4n) is 2.62. The van der Waals surface area contributed by atoms with Gasteiger partial charge >= 0.3 is 0 Å². The lowest BCUT2D eigenvalue weighted by Crippen LogP contribution is -2.37. The Morgan fingerprint density at radius 2 is 1.84 bits per heavy atom. The molecule has 1 N–H and O–H groups in total. The van der Waals surface area contributed by atoms with E-state index in [-0.39, 0.29) is 10.6 Å². The van der Waals surface area contributed by atoms with Gasteiger partial charge in [-0.15, -0.1) is 0 Å². The molecule has 0 aliphatic heterocycles. The average molecular weight is 264 g/mol. The minimum Gasteiger partial charge on any atom is -0.314 e. The first-order chi connectivity index (χ1) is 9.13. The van der Waals surface area contributed by atoms with Crippen LogP contribution in [0.5, 0.6) is 0 Å². The second kappa shape index (κ2) is 7.89. The molecule has 1 rings (SSSR count). The van der Waals surface area contributed by atoms with Crippen LogP contribution in [0.15, 0.2) is 24.3 Å². The standard InChI is InChI=1S/C15H24N2O2/c1-4-12(5-2)14(16-6-3)11-13-9-7-8-10-15(13)17(18)19/h7-10,12,14,16H,4-6,11H2,1-3H3. The number of rotatable bonds is 8. The van der Waals surface area contributed by atoms with Crippen LogP contribution in [0.3, 0.4) is 0 Å². The van der Waals surface area contributed by atoms with Gasteiger partial charge in [-0.05, 0) is 18.9 Å². The van der Waals surface area contributed by atoms with Crippen molar-refractivity contribution < 1.29 is 4.92 Å². The number of benzene rings is 1. The molecule has 1 aromatic rings. The monoisotopic (exact) mass is 264 g/mol. The summed E-state index contributed by atoms with van der Waals surface area (Å²) in [6.07, 6.45) is 2.90. The van der Waals surface area contributed by atoms with Crippen molar-refractivity contribution in [1.29, 1.82) is 0 Å². The van der Waals surface area contributed by atoms with Crippen molar-refractivity contribution in [2.24, 2.45) is 5.92 Å². The number of likely N-dealkylation sites (N-methyl/N-ethyl adjacent to an activating group) is 1. The average Bonchev–Trinajstić information content (AvgIpc) is 2.40. The van der Waals surface area contributed by atoms with Gasteiger partial charge in [0.1, 0.15) is 0 Å². The lowest BCUT2D eigenvalue weighted by atomic mass is 9.89. The SMILES string of the molecule is CCNC(Cc1ccccc1[N+](=O)[O-])C(CC)CC. The first-order valence-corrected chi connectivity index (χ1v) is 7.09. The van der Waals surface area contributed by atoms with E-state index in [2.05, 4.69) is 26.1 Å². The summed E-state index contributed by atoms with van der Waals surface area (Å²) in [6, 6.07) is 7.36. The zero-order valence-electron chi connectivity index (χ0n) is 12.1. The maximum Gasteiger partial charge on any atom is 0.272 e. The third kappa shape index (κ3) is 4.31. The van der Waals surface area contributed by atoms with Crippen molar-refractivity contribution in [3.63, 3.8) is 0 Å². The third-order valence-corrected chi connectivity index (χ3v) is 3.71. The molecule has 0 heterocycles. The number of hydrogen-bond acceptors (Lipinski definition) is 3. The zero-order chi connectivity index (χ0) is 14.3. The Bertz CT molecular complexity index is 403. The highest BCUT2D eigenvalue weighted by molar-refractivity contribution is 5.40. The molecule has 19 heavy (non-hydrogen) atoms. The van der Waals surface area contributed by atoms with Crippen LogP contribution in [0.1, 0.15) is 39.2 Å². The highest BCUT2D eigenvalue weighted by atomic mass is 16.6. The van der Waals surface area contributed by atoms with Crippen LogP contribution < -0.4 is 5.32 Å². The van der Waals surface area contributed by atoms with E-state index in [1.165, 1.54) is 0 Å². The lowest BCUT2D eigenvalue weighted by molar-refractivity contribution is -0.385.